The molecule has 1 aliphatic carbocycles. The van der Waals surface area contributed by atoms with Gasteiger partial charge in [0.15, 0.2) is 0 Å². The second-order valence-electron chi connectivity index (χ2n) is 9.01. The van der Waals surface area contributed by atoms with Crippen molar-refractivity contribution < 1.29 is 19.4 Å². The maximum atomic E-state index is 12.7. The largest absolute Gasteiger partial charge is 0.492 e. The number of nitrogens with zero attached hydrogens (tertiary/aromatic N) is 3. The van der Waals surface area contributed by atoms with Gasteiger partial charge >= 0.3 is 0 Å². The molecule has 2 heterocycles. The topological polar surface area (TPSA) is 94.5 Å². The molecule has 2 aliphatic heterocycles. The number of fused-ring (bicyclic) bond motifs is 2. The van der Waals surface area contributed by atoms with Crippen LogP contribution in [-0.2, 0) is 16.1 Å². The van der Waals surface area contributed by atoms with Gasteiger partial charge in [-0.15, -0.1) is 0 Å². The van der Waals surface area contributed by atoms with Crippen LogP contribution in [0.1, 0.15) is 63.4 Å². The van der Waals surface area contributed by atoms with Crippen LogP contribution in [0.15, 0.2) is 17.1 Å². The van der Waals surface area contributed by atoms with E-state index in [4.69, 9.17) is 16.3 Å². The van der Waals surface area contributed by atoms with Crippen molar-refractivity contribution in [1.82, 2.24) is 15.1 Å². The maximum Gasteiger partial charge on any atom is 0.246 e. The zero-order chi connectivity index (χ0) is 23.2. The number of rotatable bonds is 10. The van der Waals surface area contributed by atoms with Gasteiger partial charge in [0.2, 0.25) is 17.8 Å². The Bertz CT molecular complexity index is 901. The van der Waals surface area contributed by atoms with E-state index in [1.54, 1.807) is 0 Å². The Morgan fingerprint density at radius 1 is 1.21 bits per heavy atom. The molecule has 8 nitrogen and oxygen atoms in total. The van der Waals surface area contributed by atoms with Crippen molar-refractivity contribution in [2.45, 2.75) is 70.4 Å². The summed E-state index contributed by atoms with van der Waals surface area (Å²) in [6, 6.07) is 3.98. The number of carbonyl (C=O) groups is 2. The van der Waals surface area contributed by atoms with Crippen LogP contribution in [0.2, 0.25) is 5.02 Å². The molecule has 2 N–H and O–H groups in total. The minimum absolute atomic E-state index is 0.0214. The van der Waals surface area contributed by atoms with Gasteiger partial charge in [-0.2, -0.15) is 0 Å². The summed E-state index contributed by atoms with van der Waals surface area (Å²) in [4.78, 5) is 32.6. The number of hydrogen-bond donors (Lipinski definition) is 2. The number of ether oxygens (including phenoxy) is 1. The fourth-order valence-corrected chi connectivity index (χ4v) is 5.10. The first-order valence-corrected chi connectivity index (χ1v) is 12.4. The second kappa shape index (κ2) is 11.2. The number of aliphatic hydroxyl groups is 1. The lowest BCUT2D eigenvalue weighted by molar-refractivity contribution is -0.135. The van der Waals surface area contributed by atoms with Crippen molar-refractivity contribution in [3.05, 3.63) is 22.7 Å². The molecule has 0 bridgehead atoms. The van der Waals surface area contributed by atoms with E-state index < -0.39 is 0 Å². The fraction of sp³-hybridized carbons (Fsp3) is 0.625. The normalized spacial score (nSPS) is 17.8. The third-order valence-corrected chi connectivity index (χ3v) is 6.87. The Labute approximate surface area is 199 Å². The van der Waals surface area contributed by atoms with E-state index in [9.17, 15) is 14.7 Å². The molecule has 33 heavy (non-hydrogen) atoms. The molecule has 4 rings (SSSR count). The summed E-state index contributed by atoms with van der Waals surface area (Å²) in [5.74, 6) is 1.26. The minimum atomic E-state index is -0.0548. The van der Waals surface area contributed by atoms with Gasteiger partial charge in [0.1, 0.15) is 12.3 Å². The third kappa shape index (κ3) is 5.98. The lowest BCUT2D eigenvalue weighted by atomic mass is 9.94. The highest BCUT2D eigenvalue weighted by Gasteiger charge is 2.29. The Kier molecular flexibility index (Phi) is 8.09. The second-order valence-corrected chi connectivity index (χ2v) is 9.42. The van der Waals surface area contributed by atoms with Crippen molar-refractivity contribution in [2.75, 3.05) is 26.3 Å². The van der Waals surface area contributed by atoms with E-state index in [2.05, 4.69) is 10.3 Å². The maximum absolute atomic E-state index is 12.7. The summed E-state index contributed by atoms with van der Waals surface area (Å²) in [6.45, 7) is 1.88. The molecular weight excluding hydrogens is 444 g/mol. The van der Waals surface area contributed by atoms with E-state index in [0.717, 1.165) is 43.4 Å². The highest BCUT2D eigenvalue weighted by Crippen LogP contribution is 2.36. The van der Waals surface area contributed by atoms with Gasteiger partial charge in [0.25, 0.3) is 0 Å². The molecule has 1 saturated carbocycles. The summed E-state index contributed by atoms with van der Waals surface area (Å²) < 4.78 is 5.89. The van der Waals surface area contributed by atoms with Gasteiger partial charge in [-0.05, 0) is 43.7 Å². The van der Waals surface area contributed by atoms with Crippen LogP contribution in [0.4, 0.5) is 5.69 Å². The molecule has 0 aromatic heterocycles. The van der Waals surface area contributed by atoms with Crippen molar-refractivity contribution in [3.8, 4) is 5.75 Å². The number of carbonyl (C=O) groups excluding carboxylic acids is 2. The van der Waals surface area contributed by atoms with Crippen LogP contribution in [-0.4, -0.2) is 65.0 Å². The van der Waals surface area contributed by atoms with Crippen molar-refractivity contribution in [1.29, 1.82) is 0 Å². The lowest BCUT2D eigenvalue weighted by Gasteiger charge is -2.34. The average Bonchev–Trinajstić information content (AvgIpc) is 3.17. The zero-order valence-corrected chi connectivity index (χ0v) is 19.8. The zero-order valence-electron chi connectivity index (χ0n) is 19.0. The molecule has 2 amide bonds. The van der Waals surface area contributed by atoms with Gasteiger partial charge < -0.3 is 19.6 Å². The summed E-state index contributed by atoms with van der Waals surface area (Å²) >= 11 is 6.41. The first-order chi connectivity index (χ1) is 16.0. The van der Waals surface area contributed by atoms with E-state index in [1.807, 2.05) is 21.9 Å². The Morgan fingerprint density at radius 3 is 2.82 bits per heavy atom. The van der Waals surface area contributed by atoms with Crippen LogP contribution in [0, 0.1) is 0 Å². The average molecular weight is 477 g/mol. The Morgan fingerprint density at radius 2 is 2.03 bits per heavy atom. The molecule has 1 saturated heterocycles. The first-order valence-electron chi connectivity index (χ1n) is 12.0. The molecule has 180 valence electrons. The van der Waals surface area contributed by atoms with E-state index >= 15 is 0 Å². The van der Waals surface area contributed by atoms with Gasteiger partial charge in [-0.25, -0.2) is 4.99 Å². The van der Waals surface area contributed by atoms with Gasteiger partial charge in [-0.3, -0.25) is 14.9 Å². The first kappa shape index (κ1) is 23.8. The molecule has 2 fully saturated rings. The number of halogens is 1. The molecule has 0 atom stereocenters. The van der Waals surface area contributed by atoms with E-state index in [0.29, 0.717) is 55.4 Å². The lowest BCUT2D eigenvalue weighted by Crippen LogP contribution is -2.43. The molecule has 0 radical (unpaired) electrons. The number of aliphatic imine (C=N–C) groups is 1. The monoisotopic (exact) mass is 476 g/mol. The summed E-state index contributed by atoms with van der Waals surface area (Å²) in [5.41, 5.74) is 1.73. The predicted octanol–water partition coefficient (Wildman–Crippen LogP) is 3.37. The number of amides is 2. The van der Waals surface area contributed by atoms with Crippen molar-refractivity contribution >= 4 is 35.1 Å². The van der Waals surface area contributed by atoms with Crippen LogP contribution in [0.5, 0.6) is 5.75 Å². The number of hydrogen-bond acceptors (Lipinski definition) is 6. The predicted molar refractivity (Wildman–Crippen MR) is 127 cm³/mol. The van der Waals surface area contributed by atoms with Crippen LogP contribution < -0.4 is 10.1 Å². The Balaban J connectivity index is 1.21. The minimum Gasteiger partial charge on any atom is -0.492 e. The van der Waals surface area contributed by atoms with Crippen LogP contribution in [0.3, 0.4) is 0 Å². The number of benzene rings is 1. The fourth-order valence-electron chi connectivity index (χ4n) is 4.86. The van der Waals surface area contributed by atoms with E-state index in [-0.39, 0.29) is 18.4 Å². The SMILES string of the molecule is O=C1CN2Cc3cc(Cl)c(OCCCCCC(=O)N(CCO)C4CCCCC4)cc3N=C2N1. The van der Waals surface area contributed by atoms with Crippen LogP contribution >= 0.6 is 11.6 Å². The summed E-state index contributed by atoms with van der Waals surface area (Å²) in [7, 11) is 0. The molecule has 1 aromatic rings. The van der Waals surface area contributed by atoms with Gasteiger partial charge in [0, 0.05) is 31.6 Å². The molecular formula is C24H33ClN4O4. The summed E-state index contributed by atoms with van der Waals surface area (Å²) in [6.07, 6.45) is 8.71. The molecule has 1 aromatic carbocycles. The molecule has 0 unspecified atom stereocenters. The van der Waals surface area contributed by atoms with Crippen LogP contribution in [0.25, 0.3) is 0 Å². The molecule has 9 heteroatoms. The smallest absolute Gasteiger partial charge is 0.246 e. The molecule has 0 spiro atoms. The van der Waals surface area contributed by atoms with Crippen molar-refractivity contribution in [3.63, 3.8) is 0 Å². The highest BCUT2D eigenvalue weighted by molar-refractivity contribution is 6.32. The number of guanidine groups is 1. The molecule has 3 aliphatic rings. The Hall–Kier alpha value is -2.32. The van der Waals surface area contributed by atoms with E-state index in [1.165, 1.54) is 19.3 Å². The van der Waals surface area contributed by atoms with Crippen molar-refractivity contribution in [2.24, 2.45) is 4.99 Å². The summed E-state index contributed by atoms with van der Waals surface area (Å²) in [5, 5.41) is 12.7. The number of unbranched alkanes of at least 4 members (excludes halogenated alkanes) is 2. The third-order valence-electron chi connectivity index (χ3n) is 6.58. The van der Waals surface area contributed by atoms with Gasteiger partial charge in [0.05, 0.1) is 23.9 Å². The highest BCUT2D eigenvalue weighted by atomic mass is 35.5. The standard InChI is InChI=1S/C24H33ClN4O4/c25-19-13-17-15-28-16-22(31)27-24(28)26-20(17)14-21(19)33-12-6-2-5-9-23(32)29(10-11-30)18-7-3-1-4-8-18/h13-14,18,30H,1-12,15-16H2,(H,26,27,31). The van der Waals surface area contributed by atoms with Gasteiger partial charge in [-0.1, -0.05) is 30.9 Å². The number of aliphatic hydroxyl groups excluding tert-OH is 1. The number of nitrogens with one attached hydrogen (secondary N) is 1. The quantitative estimate of drug-likeness (QED) is 0.505.